The topological polar surface area (TPSA) is 41.5 Å². The lowest BCUT2D eigenvalue weighted by Gasteiger charge is -2.17. The van der Waals surface area contributed by atoms with Crippen molar-refractivity contribution in [2.45, 2.75) is 51.7 Å². The first-order valence-corrected chi connectivity index (χ1v) is 7.79. The zero-order chi connectivity index (χ0) is 14.6. The highest BCUT2D eigenvalue weighted by Crippen LogP contribution is 2.15. The van der Waals surface area contributed by atoms with Crippen molar-refractivity contribution in [3.63, 3.8) is 0 Å². The van der Waals surface area contributed by atoms with E-state index in [1.165, 1.54) is 25.7 Å². The first-order chi connectivity index (χ1) is 9.74. The summed E-state index contributed by atoms with van der Waals surface area (Å²) in [6.07, 6.45) is 4.58. The molecule has 3 nitrogen and oxygen atoms in total. The van der Waals surface area contributed by atoms with Crippen LogP contribution in [0, 0.1) is 0 Å². The third-order valence-corrected chi connectivity index (χ3v) is 3.39. The Morgan fingerprint density at radius 3 is 2.60 bits per heavy atom. The highest BCUT2D eigenvalue weighted by molar-refractivity contribution is 5.16. The van der Waals surface area contributed by atoms with Gasteiger partial charge in [-0.25, -0.2) is 0 Å². The molecule has 2 atom stereocenters. The summed E-state index contributed by atoms with van der Waals surface area (Å²) in [5.74, 6) is 0. The minimum absolute atomic E-state index is 0.0235. The van der Waals surface area contributed by atoms with Crippen molar-refractivity contribution in [2.24, 2.45) is 0 Å². The first-order valence-electron chi connectivity index (χ1n) is 7.79. The number of hydrogen-bond donors (Lipinski definition) is 2. The molecule has 0 aliphatic heterocycles. The van der Waals surface area contributed by atoms with Crippen molar-refractivity contribution >= 4 is 0 Å². The van der Waals surface area contributed by atoms with Gasteiger partial charge in [0, 0.05) is 6.54 Å². The molecule has 0 fully saturated rings. The van der Waals surface area contributed by atoms with E-state index < -0.39 is 6.10 Å². The molecule has 3 heteroatoms. The summed E-state index contributed by atoms with van der Waals surface area (Å²) in [4.78, 5) is 0. The molecule has 1 aromatic carbocycles. The fourth-order valence-corrected chi connectivity index (χ4v) is 2.08. The van der Waals surface area contributed by atoms with Crippen molar-refractivity contribution in [3.05, 3.63) is 35.9 Å². The average Bonchev–Trinajstić information content (AvgIpc) is 2.49. The molecule has 20 heavy (non-hydrogen) atoms. The van der Waals surface area contributed by atoms with Crippen molar-refractivity contribution in [2.75, 3.05) is 19.7 Å². The normalized spacial score (nSPS) is 14.2. The zero-order valence-corrected chi connectivity index (χ0v) is 12.8. The molecule has 0 radical (unpaired) electrons. The van der Waals surface area contributed by atoms with Crippen LogP contribution < -0.4 is 5.32 Å². The minimum atomic E-state index is -0.438. The van der Waals surface area contributed by atoms with E-state index >= 15 is 0 Å². The number of ether oxygens (including phenoxy) is 1. The van der Waals surface area contributed by atoms with Crippen LogP contribution in [0.15, 0.2) is 30.3 Å². The number of nitrogens with one attached hydrogen (secondary N) is 1. The maximum absolute atomic E-state index is 9.86. The molecule has 0 aromatic heterocycles. The third kappa shape index (κ3) is 7.63. The summed E-state index contributed by atoms with van der Waals surface area (Å²) in [7, 11) is 0. The largest absolute Gasteiger partial charge is 0.389 e. The van der Waals surface area contributed by atoms with Gasteiger partial charge in [-0.3, -0.25) is 0 Å². The lowest BCUT2D eigenvalue weighted by Crippen LogP contribution is -2.31. The second kappa shape index (κ2) is 10.8. The van der Waals surface area contributed by atoms with Gasteiger partial charge in [0.1, 0.15) is 0 Å². The molecule has 2 unspecified atom stereocenters. The van der Waals surface area contributed by atoms with Crippen molar-refractivity contribution in [3.8, 4) is 0 Å². The van der Waals surface area contributed by atoms with Crippen LogP contribution in [0.4, 0.5) is 0 Å². The highest BCUT2D eigenvalue weighted by atomic mass is 16.5. The van der Waals surface area contributed by atoms with Gasteiger partial charge in [-0.15, -0.1) is 0 Å². The Morgan fingerprint density at radius 2 is 1.90 bits per heavy atom. The van der Waals surface area contributed by atoms with Crippen molar-refractivity contribution in [1.29, 1.82) is 0 Å². The molecular weight excluding hydrogens is 250 g/mol. The Kier molecular flexibility index (Phi) is 9.29. The molecule has 0 heterocycles. The van der Waals surface area contributed by atoms with Crippen LogP contribution in [0.5, 0.6) is 0 Å². The summed E-state index contributed by atoms with van der Waals surface area (Å²) in [5, 5.41) is 13.1. The monoisotopic (exact) mass is 279 g/mol. The van der Waals surface area contributed by atoms with Gasteiger partial charge in [0.05, 0.1) is 18.8 Å². The molecule has 0 bridgehead atoms. The Balaban J connectivity index is 2.06. The van der Waals surface area contributed by atoms with E-state index in [2.05, 4.69) is 12.2 Å². The first kappa shape index (κ1) is 17.2. The van der Waals surface area contributed by atoms with Crippen LogP contribution in [0.2, 0.25) is 0 Å². The molecule has 0 aliphatic carbocycles. The van der Waals surface area contributed by atoms with Gasteiger partial charge < -0.3 is 15.2 Å². The predicted molar refractivity (Wildman–Crippen MR) is 83.8 cm³/mol. The van der Waals surface area contributed by atoms with E-state index in [9.17, 15) is 5.11 Å². The van der Waals surface area contributed by atoms with Gasteiger partial charge in [0.15, 0.2) is 0 Å². The third-order valence-electron chi connectivity index (χ3n) is 3.39. The lowest BCUT2D eigenvalue weighted by molar-refractivity contribution is -0.00197. The Morgan fingerprint density at radius 1 is 1.15 bits per heavy atom. The summed E-state index contributed by atoms with van der Waals surface area (Å²) in [6.45, 7) is 6.18. The van der Waals surface area contributed by atoms with Gasteiger partial charge in [0.25, 0.3) is 0 Å². The lowest BCUT2D eigenvalue weighted by atomic mass is 10.1. The summed E-state index contributed by atoms with van der Waals surface area (Å²) < 4.78 is 5.70. The molecule has 1 aromatic rings. The van der Waals surface area contributed by atoms with Crippen LogP contribution >= 0.6 is 0 Å². The van der Waals surface area contributed by atoms with Crippen LogP contribution in [-0.2, 0) is 4.74 Å². The van der Waals surface area contributed by atoms with Gasteiger partial charge in [-0.1, -0.05) is 56.5 Å². The summed E-state index contributed by atoms with van der Waals surface area (Å²) in [6, 6.07) is 10.1. The van der Waals surface area contributed by atoms with E-state index in [-0.39, 0.29) is 6.10 Å². The number of hydrogen-bond acceptors (Lipinski definition) is 3. The van der Waals surface area contributed by atoms with E-state index in [1.54, 1.807) is 0 Å². The number of rotatable bonds is 11. The van der Waals surface area contributed by atoms with Crippen LogP contribution in [-0.4, -0.2) is 30.9 Å². The van der Waals surface area contributed by atoms with Crippen molar-refractivity contribution < 1.29 is 9.84 Å². The van der Waals surface area contributed by atoms with Gasteiger partial charge >= 0.3 is 0 Å². The van der Waals surface area contributed by atoms with Gasteiger partial charge in [-0.2, -0.15) is 0 Å². The molecule has 0 spiro atoms. The molecule has 2 N–H and O–H groups in total. The quantitative estimate of drug-likeness (QED) is 0.611. The number of aliphatic hydroxyl groups excluding tert-OH is 1. The second-order valence-electron chi connectivity index (χ2n) is 5.30. The highest BCUT2D eigenvalue weighted by Gasteiger charge is 2.09. The van der Waals surface area contributed by atoms with E-state index in [1.807, 2.05) is 37.3 Å². The maximum Gasteiger partial charge on any atom is 0.0897 e. The molecular formula is C17H29NO2. The van der Waals surface area contributed by atoms with Crippen LogP contribution in [0.1, 0.15) is 51.2 Å². The second-order valence-corrected chi connectivity index (χ2v) is 5.30. The predicted octanol–water partition coefficient (Wildman–Crippen LogP) is 3.30. The minimum Gasteiger partial charge on any atom is -0.389 e. The zero-order valence-electron chi connectivity index (χ0n) is 12.8. The smallest absolute Gasteiger partial charge is 0.0897 e. The fraction of sp³-hybridized carbons (Fsp3) is 0.647. The standard InChI is InChI=1S/C17H29NO2/c1-3-4-5-9-12-18-13-17(19)14-20-15(2)16-10-7-6-8-11-16/h6-8,10-11,15,17-19H,3-5,9,12-14H2,1-2H3. The summed E-state index contributed by atoms with van der Waals surface area (Å²) >= 11 is 0. The molecule has 1 rings (SSSR count). The van der Waals surface area contributed by atoms with Gasteiger partial charge in [-0.05, 0) is 25.5 Å². The Bertz CT molecular complexity index is 329. The van der Waals surface area contributed by atoms with E-state index in [4.69, 9.17) is 4.74 Å². The average molecular weight is 279 g/mol. The summed E-state index contributed by atoms with van der Waals surface area (Å²) in [5.41, 5.74) is 1.15. The number of aliphatic hydroxyl groups is 1. The van der Waals surface area contributed by atoms with E-state index in [0.717, 1.165) is 12.1 Å². The van der Waals surface area contributed by atoms with Crippen LogP contribution in [0.3, 0.4) is 0 Å². The molecule has 0 aliphatic rings. The van der Waals surface area contributed by atoms with Crippen LogP contribution in [0.25, 0.3) is 0 Å². The van der Waals surface area contributed by atoms with Crippen molar-refractivity contribution in [1.82, 2.24) is 5.32 Å². The maximum atomic E-state index is 9.86. The molecule has 114 valence electrons. The Hall–Kier alpha value is -0.900. The molecule has 0 amide bonds. The number of unbranched alkanes of at least 4 members (excludes halogenated alkanes) is 3. The van der Waals surface area contributed by atoms with Gasteiger partial charge in [0.2, 0.25) is 0 Å². The fourth-order valence-electron chi connectivity index (χ4n) is 2.08. The number of benzene rings is 1. The SMILES string of the molecule is CCCCCCNCC(O)COC(C)c1ccccc1. The Labute approximate surface area is 123 Å². The molecule has 0 saturated carbocycles. The van der Waals surface area contributed by atoms with E-state index in [0.29, 0.717) is 13.2 Å². The molecule has 0 saturated heterocycles.